The molecule has 1 aromatic heterocycles. The molecule has 0 aliphatic rings. The predicted octanol–water partition coefficient (Wildman–Crippen LogP) is 4.40. The van der Waals surface area contributed by atoms with E-state index in [0.29, 0.717) is 0 Å². The molecule has 0 saturated carbocycles. The van der Waals surface area contributed by atoms with Crippen LogP contribution in [0.25, 0.3) is 0 Å². The van der Waals surface area contributed by atoms with E-state index in [0.717, 1.165) is 24.6 Å². The Kier molecular flexibility index (Phi) is 6.23. The van der Waals surface area contributed by atoms with Crippen LogP contribution in [-0.4, -0.2) is 19.4 Å². The third kappa shape index (κ3) is 5.18. The van der Waals surface area contributed by atoms with E-state index in [2.05, 4.69) is 44.8 Å². The Balaban J connectivity index is 1.66. The topological polar surface area (TPSA) is 21.3 Å². The maximum absolute atomic E-state index is 5.21. The highest BCUT2D eigenvalue weighted by Gasteiger charge is 1.98. The number of hydrogen-bond donors (Lipinski definition) is 1. The number of thioether (sulfide) groups is 1. The van der Waals surface area contributed by atoms with Gasteiger partial charge in [-0.25, -0.2) is 0 Å². The molecule has 102 valence electrons. The summed E-state index contributed by atoms with van der Waals surface area (Å²) >= 11 is 7.08. The van der Waals surface area contributed by atoms with Crippen molar-refractivity contribution in [2.75, 3.05) is 19.4 Å². The molecule has 0 aliphatic heterocycles. The van der Waals surface area contributed by atoms with Crippen LogP contribution in [0.2, 0.25) is 0 Å². The first-order valence-electron chi connectivity index (χ1n) is 5.98. The fourth-order valence-electron chi connectivity index (χ4n) is 1.59. The minimum atomic E-state index is 0.918. The molecular weight excluding hydrogens is 342 g/mol. The van der Waals surface area contributed by atoms with Gasteiger partial charge in [0.15, 0.2) is 0 Å². The van der Waals surface area contributed by atoms with Crippen LogP contribution in [0.15, 0.2) is 45.1 Å². The van der Waals surface area contributed by atoms with Crippen molar-refractivity contribution in [3.05, 3.63) is 45.1 Å². The van der Waals surface area contributed by atoms with Crippen LogP contribution in [0.4, 0.5) is 0 Å². The minimum Gasteiger partial charge on any atom is -0.497 e. The Labute approximate surface area is 130 Å². The summed E-state index contributed by atoms with van der Waals surface area (Å²) in [5.41, 5.74) is 0. The van der Waals surface area contributed by atoms with E-state index in [1.807, 2.05) is 23.9 Å². The quantitative estimate of drug-likeness (QED) is 0.586. The summed E-state index contributed by atoms with van der Waals surface area (Å²) in [6.45, 7) is 1.94. The molecule has 0 fully saturated rings. The number of rotatable bonds is 7. The molecule has 1 aromatic carbocycles. The fraction of sp³-hybridized carbons (Fsp3) is 0.286. The molecule has 2 aromatic rings. The Bertz CT molecular complexity index is 516. The lowest BCUT2D eigenvalue weighted by Gasteiger charge is -2.05. The summed E-state index contributed by atoms with van der Waals surface area (Å²) in [7, 11) is 1.70. The number of thiophene rings is 1. The van der Waals surface area contributed by atoms with Gasteiger partial charge in [-0.3, -0.25) is 0 Å². The average Bonchev–Trinajstić information content (AvgIpc) is 2.84. The first-order valence-corrected chi connectivity index (χ1v) is 8.64. The van der Waals surface area contributed by atoms with Crippen LogP contribution >= 0.6 is 39.0 Å². The van der Waals surface area contributed by atoms with Gasteiger partial charge >= 0.3 is 0 Å². The van der Waals surface area contributed by atoms with Crippen molar-refractivity contribution >= 4 is 39.0 Å². The first-order chi connectivity index (χ1) is 9.28. The number of halogens is 1. The molecule has 0 bridgehead atoms. The molecule has 0 amide bonds. The van der Waals surface area contributed by atoms with Crippen molar-refractivity contribution < 1.29 is 4.74 Å². The molecular formula is C14H16BrNOS2. The van der Waals surface area contributed by atoms with E-state index in [-0.39, 0.29) is 0 Å². The van der Waals surface area contributed by atoms with Crippen LogP contribution in [0.3, 0.4) is 0 Å². The first kappa shape index (κ1) is 14.9. The van der Waals surface area contributed by atoms with E-state index < -0.39 is 0 Å². The van der Waals surface area contributed by atoms with Gasteiger partial charge < -0.3 is 10.1 Å². The van der Waals surface area contributed by atoms with E-state index >= 15 is 0 Å². The van der Waals surface area contributed by atoms with Gasteiger partial charge in [0, 0.05) is 38.5 Å². The molecule has 1 N–H and O–H groups in total. The zero-order valence-corrected chi connectivity index (χ0v) is 13.9. The van der Waals surface area contributed by atoms with Crippen LogP contribution < -0.4 is 10.1 Å². The standard InChI is InChI=1S/C14H16BrNOS2/c1-17-12-3-2-4-13(8-12)18-6-5-16-9-14-7-11(15)10-19-14/h2-4,7-8,10,16H,5-6,9H2,1H3. The summed E-state index contributed by atoms with van der Waals surface area (Å²) in [5, 5.41) is 5.56. The number of nitrogens with one attached hydrogen (secondary N) is 1. The molecule has 5 heteroatoms. The minimum absolute atomic E-state index is 0.918. The van der Waals surface area contributed by atoms with Crippen molar-refractivity contribution in [2.45, 2.75) is 11.4 Å². The average molecular weight is 358 g/mol. The Morgan fingerprint density at radius 1 is 1.37 bits per heavy atom. The number of methoxy groups -OCH3 is 1. The van der Waals surface area contributed by atoms with Crippen molar-refractivity contribution in [3.8, 4) is 5.75 Å². The molecule has 2 nitrogen and oxygen atoms in total. The highest BCUT2D eigenvalue weighted by molar-refractivity contribution is 9.10. The van der Waals surface area contributed by atoms with Crippen LogP contribution in [0.1, 0.15) is 4.88 Å². The maximum Gasteiger partial charge on any atom is 0.119 e. The number of benzene rings is 1. The lowest BCUT2D eigenvalue weighted by molar-refractivity contribution is 0.413. The molecule has 2 rings (SSSR count). The van der Waals surface area contributed by atoms with Crippen molar-refractivity contribution in [1.82, 2.24) is 5.32 Å². The second-order valence-corrected chi connectivity index (χ2v) is 7.02. The van der Waals surface area contributed by atoms with E-state index in [1.165, 1.54) is 14.2 Å². The zero-order valence-electron chi connectivity index (χ0n) is 10.7. The smallest absolute Gasteiger partial charge is 0.119 e. The summed E-state index contributed by atoms with van der Waals surface area (Å²) in [6, 6.07) is 10.3. The summed E-state index contributed by atoms with van der Waals surface area (Å²) in [6.07, 6.45) is 0. The maximum atomic E-state index is 5.21. The molecule has 0 unspecified atom stereocenters. The van der Waals surface area contributed by atoms with Gasteiger partial charge in [-0.1, -0.05) is 6.07 Å². The second-order valence-electron chi connectivity index (χ2n) is 3.94. The van der Waals surface area contributed by atoms with Gasteiger partial charge in [-0.15, -0.1) is 23.1 Å². The molecule has 0 atom stereocenters. The summed E-state index contributed by atoms with van der Waals surface area (Å²) in [5.74, 6) is 1.97. The summed E-state index contributed by atoms with van der Waals surface area (Å²) in [4.78, 5) is 2.61. The van der Waals surface area contributed by atoms with E-state index in [4.69, 9.17) is 4.74 Å². The second kappa shape index (κ2) is 7.94. The van der Waals surface area contributed by atoms with Gasteiger partial charge in [-0.2, -0.15) is 0 Å². The number of hydrogen-bond acceptors (Lipinski definition) is 4. The molecule has 19 heavy (non-hydrogen) atoms. The SMILES string of the molecule is COc1cccc(SCCNCc2cc(Br)cs2)c1. The number of ether oxygens (including phenoxy) is 1. The summed E-state index contributed by atoms with van der Waals surface area (Å²) < 4.78 is 6.38. The highest BCUT2D eigenvalue weighted by atomic mass is 79.9. The highest BCUT2D eigenvalue weighted by Crippen LogP contribution is 2.22. The van der Waals surface area contributed by atoms with Gasteiger partial charge in [0.2, 0.25) is 0 Å². The monoisotopic (exact) mass is 357 g/mol. The molecule has 0 saturated heterocycles. The van der Waals surface area contributed by atoms with E-state index in [9.17, 15) is 0 Å². The zero-order chi connectivity index (χ0) is 13.5. The predicted molar refractivity (Wildman–Crippen MR) is 87.4 cm³/mol. The van der Waals surface area contributed by atoms with E-state index in [1.54, 1.807) is 18.4 Å². The molecule has 1 heterocycles. The lowest BCUT2D eigenvalue weighted by atomic mass is 10.3. The molecule has 0 spiro atoms. The van der Waals surface area contributed by atoms with Gasteiger partial charge in [0.05, 0.1) is 7.11 Å². The van der Waals surface area contributed by atoms with Crippen molar-refractivity contribution in [2.24, 2.45) is 0 Å². The lowest BCUT2D eigenvalue weighted by Crippen LogP contribution is -2.15. The third-order valence-electron chi connectivity index (χ3n) is 2.51. The van der Waals surface area contributed by atoms with Crippen molar-refractivity contribution in [1.29, 1.82) is 0 Å². The normalized spacial score (nSPS) is 10.6. The van der Waals surface area contributed by atoms with Gasteiger partial charge in [0.1, 0.15) is 5.75 Å². The Morgan fingerprint density at radius 3 is 3.00 bits per heavy atom. The largest absolute Gasteiger partial charge is 0.497 e. The fourth-order valence-corrected chi connectivity index (χ4v) is 3.87. The van der Waals surface area contributed by atoms with Gasteiger partial charge in [-0.05, 0) is 40.2 Å². The van der Waals surface area contributed by atoms with Crippen LogP contribution in [-0.2, 0) is 6.54 Å². The van der Waals surface area contributed by atoms with Crippen LogP contribution in [0.5, 0.6) is 5.75 Å². The van der Waals surface area contributed by atoms with Crippen molar-refractivity contribution in [3.63, 3.8) is 0 Å². The molecule has 0 aliphatic carbocycles. The molecule has 0 radical (unpaired) electrons. The van der Waals surface area contributed by atoms with Gasteiger partial charge in [0.25, 0.3) is 0 Å². The third-order valence-corrected chi connectivity index (χ3v) is 5.20. The Hall–Kier alpha value is -0.490. The Morgan fingerprint density at radius 2 is 2.26 bits per heavy atom. The van der Waals surface area contributed by atoms with Crippen LogP contribution in [0, 0.1) is 0 Å².